The Morgan fingerprint density at radius 2 is 2.00 bits per heavy atom. The third-order valence-corrected chi connectivity index (χ3v) is 6.73. The molecule has 3 aliphatic rings. The molecule has 5 heteroatoms. The highest BCUT2D eigenvalue weighted by Gasteiger charge is 2.63. The summed E-state index contributed by atoms with van der Waals surface area (Å²) in [5.74, 6) is 0.976. The first-order chi connectivity index (χ1) is 15.1. The smallest absolute Gasteiger partial charge is 0.257 e. The minimum Gasteiger partial charge on any atom is -0.488 e. The third-order valence-electron chi connectivity index (χ3n) is 6.73. The van der Waals surface area contributed by atoms with Crippen molar-refractivity contribution < 1.29 is 14.3 Å². The number of rotatable bonds is 6. The van der Waals surface area contributed by atoms with E-state index in [2.05, 4.69) is 35.8 Å². The van der Waals surface area contributed by atoms with Gasteiger partial charge in [-0.3, -0.25) is 4.79 Å². The normalized spacial score (nSPS) is 30.3. The average molecular weight is 419 g/mol. The molecule has 162 valence electrons. The molecule has 1 aromatic heterocycles. The van der Waals surface area contributed by atoms with Crippen molar-refractivity contribution in [1.29, 1.82) is 0 Å². The monoisotopic (exact) mass is 418 g/mol. The molecule has 0 N–H and O–H groups in total. The predicted octanol–water partition coefficient (Wildman–Crippen LogP) is 4.97. The third kappa shape index (κ3) is 3.51. The van der Waals surface area contributed by atoms with Gasteiger partial charge < -0.3 is 18.9 Å². The van der Waals surface area contributed by atoms with Crippen LogP contribution in [0.4, 0.5) is 0 Å². The van der Waals surface area contributed by atoms with Gasteiger partial charge in [0.1, 0.15) is 18.1 Å². The molecule has 1 aromatic carbocycles. The van der Waals surface area contributed by atoms with Gasteiger partial charge in [-0.2, -0.15) is 0 Å². The van der Waals surface area contributed by atoms with E-state index in [0.29, 0.717) is 12.8 Å². The quantitative estimate of drug-likeness (QED) is 0.491. The second-order valence-corrected chi connectivity index (χ2v) is 8.80. The van der Waals surface area contributed by atoms with E-state index in [9.17, 15) is 4.79 Å². The number of hydrogen-bond acceptors (Lipinski definition) is 3. The van der Waals surface area contributed by atoms with Gasteiger partial charge in [-0.15, -0.1) is 0 Å². The fourth-order valence-electron chi connectivity index (χ4n) is 5.12. The summed E-state index contributed by atoms with van der Waals surface area (Å²) in [4.78, 5) is 15.4. The Labute approximate surface area is 183 Å². The van der Waals surface area contributed by atoms with Crippen molar-refractivity contribution >= 4 is 11.7 Å². The van der Waals surface area contributed by atoms with Gasteiger partial charge in [0.05, 0.1) is 11.7 Å². The molecule has 1 saturated carbocycles. The fraction of sp³-hybridized carbons (Fsp3) is 0.423. The number of fused-ring (bicyclic) bond motifs is 1. The number of nitrogens with zero attached hydrogens (tertiary/aromatic N) is 2. The molecule has 3 fully saturated rings. The summed E-state index contributed by atoms with van der Waals surface area (Å²) in [5.41, 5.74) is 1.52. The van der Waals surface area contributed by atoms with Crippen molar-refractivity contribution in [2.45, 2.75) is 63.0 Å². The summed E-state index contributed by atoms with van der Waals surface area (Å²) in [6, 6.07) is 14.5. The van der Waals surface area contributed by atoms with Crippen LogP contribution in [0, 0.1) is 0 Å². The van der Waals surface area contributed by atoms with Gasteiger partial charge in [-0.05, 0) is 43.0 Å². The molecular formula is C26H30N2O3. The molecule has 2 saturated heterocycles. The van der Waals surface area contributed by atoms with E-state index in [4.69, 9.17) is 9.47 Å². The van der Waals surface area contributed by atoms with Gasteiger partial charge in [0.15, 0.2) is 5.60 Å². The molecule has 5 rings (SSSR count). The Morgan fingerprint density at radius 1 is 1.19 bits per heavy atom. The number of aryl methyl sites for hydroxylation is 1. The first-order valence-electron chi connectivity index (χ1n) is 11.3. The van der Waals surface area contributed by atoms with Crippen LogP contribution in [0.25, 0.3) is 5.76 Å². The van der Waals surface area contributed by atoms with Crippen LogP contribution < -0.4 is 0 Å². The van der Waals surface area contributed by atoms with Crippen LogP contribution in [0.2, 0.25) is 0 Å². The number of aromatic nitrogens is 1. The molecule has 1 amide bonds. The number of ether oxygens (including phenoxy) is 2. The molecule has 1 spiro atoms. The largest absolute Gasteiger partial charge is 0.488 e. The predicted molar refractivity (Wildman–Crippen MR) is 120 cm³/mol. The van der Waals surface area contributed by atoms with Gasteiger partial charge >= 0.3 is 0 Å². The summed E-state index contributed by atoms with van der Waals surface area (Å²) in [6.45, 7) is 2.11. The van der Waals surface area contributed by atoms with E-state index in [1.807, 2.05) is 54.6 Å². The van der Waals surface area contributed by atoms with Gasteiger partial charge in [0.25, 0.3) is 5.91 Å². The second kappa shape index (κ2) is 8.04. The highest BCUT2D eigenvalue weighted by molar-refractivity contribution is 5.89. The summed E-state index contributed by atoms with van der Waals surface area (Å²) in [6.07, 6.45) is 12.1. The summed E-state index contributed by atoms with van der Waals surface area (Å²) >= 11 is 0. The molecule has 2 unspecified atom stereocenters. The number of hydrogen-bond donors (Lipinski definition) is 0. The first kappa shape index (κ1) is 20.1. The van der Waals surface area contributed by atoms with Crippen LogP contribution in [-0.4, -0.2) is 33.3 Å². The SMILES string of the molecule is CC/C=C\C=C(\OC1CC2(C1)OC1CCC(c3ccccc3)N1C2=O)c1cccn1C. The topological polar surface area (TPSA) is 43.7 Å². The first-order valence-corrected chi connectivity index (χ1v) is 11.3. The Balaban J connectivity index is 1.29. The molecular weight excluding hydrogens is 388 g/mol. The number of carbonyl (C=O) groups is 1. The molecule has 31 heavy (non-hydrogen) atoms. The molecule has 1 aliphatic carbocycles. The van der Waals surface area contributed by atoms with Crippen LogP contribution in [-0.2, 0) is 21.3 Å². The van der Waals surface area contributed by atoms with Gasteiger partial charge in [0.2, 0.25) is 0 Å². The average Bonchev–Trinajstić information content (AvgIpc) is 3.43. The number of benzene rings is 1. The lowest BCUT2D eigenvalue weighted by Gasteiger charge is -2.42. The lowest BCUT2D eigenvalue weighted by molar-refractivity contribution is -0.165. The van der Waals surface area contributed by atoms with Gasteiger partial charge in [0, 0.05) is 26.1 Å². The minimum absolute atomic E-state index is 0.0182. The summed E-state index contributed by atoms with van der Waals surface area (Å²) in [7, 11) is 2.01. The van der Waals surface area contributed by atoms with Crippen molar-refractivity contribution in [1.82, 2.24) is 9.47 Å². The lowest BCUT2D eigenvalue weighted by Crippen LogP contribution is -2.54. The van der Waals surface area contributed by atoms with Crippen LogP contribution in [0.3, 0.4) is 0 Å². The van der Waals surface area contributed by atoms with Crippen LogP contribution >= 0.6 is 0 Å². The molecule has 2 aromatic rings. The maximum Gasteiger partial charge on any atom is 0.257 e. The van der Waals surface area contributed by atoms with Crippen molar-refractivity contribution in [3.05, 3.63) is 78.1 Å². The van der Waals surface area contributed by atoms with Crippen LogP contribution in [0.15, 0.2) is 66.9 Å². The summed E-state index contributed by atoms with van der Waals surface area (Å²) < 4.78 is 14.8. The standard InChI is InChI=1S/C26H30N2O3/c1-3-4-6-13-23(22-12-9-16-27(22)2)30-20-17-26(18-20)25(29)28-21(14-15-24(28)31-26)19-10-7-5-8-11-19/h4-13,16,20-21,24H,3,14-15,17-18H2,1-2H3/b6-4-,23-13+. The van der Waals surface area contributed by atoms with E-state index >= 15 is 0 Å². The van der Waals surface area contributed by atoms with Crippen molar-refractivity contribution in [3.63, 3.8) is 0 Å². The van der Waals surface area contributed by atoms with Crippen molar-refractivity contribution in [2.24, 2.45) is 7.05 Å². The molecule has 5 nitrogen and oxygen atoms in total. The van der Waals surface area contributed by atoms with Crippen molar-refractivity contribution in [3.8, 4) is 0 Å². The highest BCUT2D eigenvalue weighted by atomic mass is 16.6. The number of allylic oxidation sites excluding steroid dienone is 3. The fourth-order valence-corrected chi connectivity index (χ4v) is 5.12. The van der Waals surface area contributed by atoms with Gasteiger partial charge in [-0.25, -0.2) is 0 Å². The molecule has 0 radical (unpaired) electrons. The summed E-state index contributed by atoms with van der Waals surface area (Å²) in [5, 5.41) is 0. The molecule has 0 bridgehead atoms. The molecule has 3 heterocycles. The maximum atomic E-state index is 13.4. The number of amides is 1. The van der Waals surface area contributed by atoms with Gasteiger partial charge in [-0.1, -0.05) is 49.4 Å². The van der Waals surface area contributed by atoms with Crippen LogP contribution in [0.5, 0.6) is 0 Å². The van der Waals surface area contributed by atoms with E-state index in [1.54, 1.807) is 0 Å². The molecule has 2 atom stereocenters. The van der Waals surface area contributed by atoms with E-state index < -0.39 is 5.60 Å². The maximum absolute atomic E-state index is 13.4. The number of carbonyl (C=O) groups excluding carboxylic acids is 1. The van der Waals surface area contributed by atoms with E-state index in [0.717, 1.165) is 30.7 Å². The Hall–Kier alpha value is -2.79. The lowest BCUT2D eigenvalue weighted by atomic mass is 9.76. The zero-order valence-corrected chi connectivity index (χ0v) is 18.2. The van der Waals surface area contributed by atoms with Crippen molar-refractivity contribution in [2.75, 3.05) is 0 Å². The zero-order chi connectivity index (χ0) is 21.4. The molecule has 2 aliphatic heterocycles. The Bertz CT molecular complexity index is 1000. The highest BCUT2D eigenvalue weighted by Crippen LogP contribution is 2.52. The van der Waals surface area contributed by atoms with Crippen LogP contribution in [0.1, 0.15) is 56.3 Å². The van der Waals surface area contributed by atoms with E-state index in [1.165, 1.54) is 5.56 Å². The zero-order valence-electron chi connectivity index (χ0n) is 18.2. The van der Waals surface area contributed by atoms with E-state index in [-0.39, 0.29) is 24.3 Å². The second-order valence-electron chi connectivity index (χ2n) is 8.80. The minimum atomic E-state index is -0.707. The Kier molecular flexibility index (Phi) is 5.22. The Morgan fingerprint density at radius 3 is 2.71 bits per heavy atom.